The van der Waals surface area contributed by atoms with Crippen molar-refractivity contribution in [2.75, 3.05) is 7.05 Å². The van der Waals surface area contributed by atoms with Crippen LogP contribution in [0.25, 0.3) is 0 Å². The molecule has 6 nitrogen and oxygen atoms in total. The van der Waals surface area contributed by atoms with Crippen molar-refractivity contribution in [3.05, 3.63) is 0 Å². The average Bonchev–Trinajstić information content (AvgIpc) is 2.29. The lowest BCUT2D eigenvalue weighted by Crippen LogP contribution is -2.35. The van der Waals surface area contributed by atoms with Crippen LogP contribution >= 0.6 is 0 Å². The number of amides is 1. The molecule has 0 unspecified atom stereocenters. The Morgan fingerprint density at radius 2 is 2.00 bits per heavy atom. The summed E-state index contributed by atoms with van der Waals surface area (Å²) in [6.45, 7) is 5.19. The molecule has 90 valence electrons. The Balaban J connectivity index is 2.58. The SMILES string of the molecule is CN1C(=O)OC(=O)[C@@H]1CC(=O)OC(C)(C)C. The Morgan fingerprint density at radius 3 is 2.38 bits per heavy atom. The van der Waals surface area contributed by atoms with Crippen LogP contribution in [-0.4, -0.2) is 41.6 Å². The third-order valence-electron chi connectivity index (χ3n) is 2.00. The van der Waals surface area contributed by atoms with Crippen LogP contribution in [0.3, 0.4) is 0 Å². The summed E-state index contributed by atoms with van der Waals surface area (Å²) in [7, 11) is 1.41. The highest BCUT2D eigenvalue weighted by atomic mass is 16.6. The van der Waals surface area contributed by atoms with Gasteiger partial charge in [0.15, 0.2) is 0 Å². The number of esters is 2. The monoisotopic (exact) mass is 229 g/mol. The molecule has 1 heterocycles. The molecule has 0 N–H and O–H groups in total. The first-order valence-electron chi connectivity index (χ1n) is 4.91. The van der Waals surface area contributed by atoms with E-state index in [1.807, 2.05) is 0 Å². The van der Waals surface area contributed by atoms with Gasteiger partial charge >= 0.3 is 18.0 Å². The molecule has 1 aliphatic rings. The van der Waals surface area contributed by atoms with Gasteiger partial charge in [0.05, 0.1) is 6.42 Å². The second-order valence-corrected chi connectivity index (χ2v) is 4.60. The maximum atomic E-state index is 11.4. The van der Waals surface area contributed by atoms with Crippen LogP contribution in [0.1, 0.15) is 27.2 Å². The molecule has 0 spiro atoms. The predicted molar refractivity (Wildman–Crippen MR) is 53.5 cm³/mol. The largest absolute Gasteiger partial charge is 0.460 e. The summed E-state index contributed by atoms with van der Waals surface area (Å²) in [6.07, 6.45) is -0.920. The zero-order chi connectivity index (χ0) is 12.5. The Kier molecular flexibility index (Phi) is 3.21. The molecule has 1 atom stereocenters. The number of rotatable bonds is 2. The van der Waals surface area contributed by atoms with E-state index in [0.29, 0.717) is 0 Å². The van der Waals surface area contributed by atoms with Gasteiger partial charge in [0, 0.05) is 7.05 Å². The molecule has 6 heteroatoms. The van der Waals surface area contributed by atoms with Gasteiger partial charge in [0.1, 0.15) is 11.6 Å². The molecule has 1 rings (SSSR count). The van der Waals surface area contributed by atoms with Gasteiger partial charge in [-0.2, -0.15) is 0 Å². The van der Waals surface area contributed by atoms with Gasteiger partial charge in [-0.3, -0.25) is 9.69 Å². The molecular weight excluding hydrogens is 214 g/mol. The maximum absolute atomic E-state index is 11.4. The zero-order valence-corrected chi connectivity index (χ0v) is 9.77. The van der Waals surface area contributed by atoms with Crippen LogP contribution in [0.2, 0.25) is 0 Å². The third-order valence-corrected chi connectivity index (χ3v) is 2.00. The summed E-state index contributed by atoms with van der Waals surface area (Å²) < 4.78 is 9.40. The second kappa shape index (κ2) is 4.11. The van der Waals surface area contributed by atoms with Gasteiger partial charge in [-0.1, -0.05) is 0 Å². The van der Waals surface area contributed by atoms with Gasteiger partial charge in [-0.25, -0.2) is 9.59 Å². The molecule has 0 aromatic heterocycles. The van der Waals surface area contributed by atoms with Crippen LogP contribution in [0.5, 0.6) is 0 Å². The Morgan fingerprint density at radius 1 is 1.44 bits per heavy atom. The third kappa shape index (κ3) is 2.95. The minimum Gasteiger partial charge on any atom is -0.460 e. The number of hydrogen-bond donors (Lipinski definition) is 0. The molecule has 0 radical (unpaired) electrons. The molecule has 1 aliphatic heterocycles. The van der Waals surface area contributed by atoms with Crippen molar-refractivity contribution in [1.82, 2.24) is 4.90 Å². The highest BCUT2D eigenvalue weighted by Crippen LogP contribution is 2.17. The molecule has 1 amide bonds. The highest BCUT2D eigenvalue weighted by Gasteiger charge is 2.40. The van der Waals surface area contributed by atoms with Crippen molar-refractivity contribution in [1.29, 1.82) is 0 Å². The topological polar surface area (TPSA) is 72.9 Å². The minimum absolute atomic E-state index is 0.182. The smallest absolute Gasteiger partial charge is 0.418 e. The number of likely N-dealkylation sites (N-methyl/N-ethyl adjacent to an activating group) is 1. The molecule has 1 fully saturated rings. The van der Waals surface area contributed by atoms with Crippen molar-refractivity contribution in [3.8, 4) is 0 Å². The van der Waals surface area contributed by atoms with Crippen LogP contribution in [-0.2, 0) is 19.1 Å². The zero-order valence-electron chi connectivity index (χ0n) is 9.77. The molecule has 0 bridgehead atoms. The van der Waals surface area contributed by atoms with E-state index in [4.69, 9.17) is 4.74 Å². The highest BCUT2D eigenvalue weighted by molar-refractivity contribution is 5.97. The molecule has 0 aromatic carbocycles. The quantitative estimate of drug-likeness (QED) is 0.514. The van der Waals surface area contributed by atoms with Crippen molar-refractivity contribution < 1.29 is 23.9 Å². The molecular formula is C10H15NO5. The first-order valence-corrected chi connectivity index (χ1v) is 4.91. The summed E-state index contributed by atoms with van der Waals surface area (Å²) in [5, 5.41) is 0. The van der Waals surface area contributed by atoms with E-state index in [2.05, 4.69) is 4.74 Å². The normalized spacial score (nSPS) is 21.0. The number of cyclic esters (lactones) is 2. The number of hydrogen-bond acceptors (Lipinski definition) is 5. The molecule has 16 heavy (non-hydrogen) atoms. The van der Waals surface area contributed by atoms with E-state index < -0.39 is 29.7 Å². The van der Waals surface area contributed by atoms with Crippen molar-refractivity contribution in [3.63, 3.8) is 0 Å². The molecule has 0 saturated carbocycles. The van der Waals surface area contributed by atoms with E-state index in [0.717, 1.165) is 4.90 Å². The Bertz CT molecular complexity index is 331. The summed E-state index contributed by atoms with van der Waals surface area (Å²) in [4.78, 5) is 34.7. The van der Waals surface area contributed by atoms with E-state index >= 15 is 0 Å². The van der Waals surface area contributed by atoms with Gasteiger partial charge in [-0.05, 0) is 20.8 Å². The number of nitrogens with zero attached hydrogens (tertiary/aromatic N) is 1. The fraction of sp³-hybridized carbons (Fsp3) is 0.700. The van der Waals surface area contributed by atoms with Gasteiger partial charge in [-0.15, -0.1) is 0 Å². The Labute approximate surface area is 93.5 Å². The standard InChI is InChI=1S/C10H15NO5/c1-10(2,3)16-7(12)5-6-8(13)15-9(14)11(6)4/h6H,5H2,1-4H3/t6-/m0/s1. The van der Waals surface area contributed by atoms with Crippen LogP contribution in [0.4, 0.5) is 4.79 Å². The summed E-state index contributed by atoms with van der Waals surface area (Å²) in [6, 6.07) is -0.873. The molecule has 1 saturated heterocycles. The molecule has 0 aromatic rings. The van der Waals surface area contributed by atoms with Crippen molar-refractivity contribution in [2.24, 2.45) is 0 Å². The second-order valence-electron chi connectivity index (χ2n) is 4.60. The van der Waals surface area contributed by atoms with Gasteiger partial charge in [0.25, 0.3) is 0 Å². The number of ether oxygens (including phenoxy) is 2. The lowest BCUT2D eigenvalue weighted by atomic mass is 10.1. The average molecular weight is 229 g/mol. The van der Waals surface area contributed by atoms with E-state index in [1.54, 1.807) is 20.8 Å². The Hall–Kier alpha value is -1.59. The number of carbonyl (C=O) groups is 3. The van der Waals surface area contributed by atoms with Crippen molar-refractivity contribution in [2.45, 2.75) is 38.8 Å². The summed E-state index contributed by atoms with van der Waals surface area (Å²) in [5.41, 5.74) is -0.609. The van der Waals surface area contributed by atoms with E-state index in [-0.39, 0.29) is 6.42 Å². The van der Waals surface area contributed by atoms with Crippen LogP contribution < -0.4 is 0 Å². The van der Waals surface area contributed by atoms with Gasteiger partial charge < -0.3 is 9.47 Å². The lowest BCUT2D eigenvalue weighted by molar-refractivity contribution is -0.157. The fourth-order valence-corrected chi connectivity index (χ4v) is 1.27. The lowest BCUT2D eigenvalue weighted by Gasteiger charge is -2.21. The number of carbonyl (C=O) groups excluding carboxylic acids is 3. The van der Waals surface area contributed by atoms with E-state index in [1.165, 1.54) is 7.05 Å². The van der Waals surface area contributed by atoms with E-state index in [9.17, 15) is 14.4 Å². The fourth-order valence-electron chi connectivity index (χ4n) is 1.27. The molecule has 0 aliphatic carbocycles. The summed E-state index contributed by atoms with van der Waals surface area (Å²) in [5.74, 6) is -1.24. The summed E-state index contributed by atoms with van der Waals surface area (Å²) >= 11 is 0. The van der Waals surface area contributed by atoms with Crippen LogP contribution in [0.15, 0.2) is 0 Å². The first-order chi connectivity index (χ1) is 7.20. The first kappa shape index (κ1) is 12.5. The van der Waals surface area contributed by atoms with Gasteiger partial charge in [0.2, 0.25) is 0 Å². The van der Waals surface area contributed by atoms with Crippen molar-refractivity contribution >= 4 is 18.0 Å². The predicted octanol–water partition coefficient (Wildman–Crippen LogP) is 0.695. The maximum Gasteiger partial charge on any atom is 0.418 e. The van der Waals surface area contributed by atoms with Crippen LogP contribution in [0, 0.1) is 0 Å². The minimum atomic E-state index is -0.873.